The van der Waals surface area contributed by atoms with Crippen LogP contribution in [0.15, 0.2) is 18.3 Å². The zero-order valence-corrected chi connectivity index (χ0v) is 9.76. The zero-order chi connectivity index (χ0) is 11.1. The Kier molecular flexibility index (Phi) is 2.36. The van der Waals surface area contributed by atoms with Gasteiger partial charge in [-0.3, -0.25) is 0 Å². The minimum absolute atomic E-state index is 0.0721. The Balaban J connectivity index is 1.94. The Bertz CT molecular complexity index is 389. The molecule has 2 aliphatic rings. The molecule has 1 aliphatic heterocycles. The van der Waals surface area contributed by atoms with Gasteiger partial charge in [-0.05, 0) is 38.2 Å². The maximum absolute atomic E-state index is 6.01. The third-order valence-electron chi connectivity index (χ3n) is 3.99. The maximum atomic E-state index is 6.01. The van der Waals surface area contributed by atoms with Crippen LogP contribution in [0.4, 0.5) is 5.82 Å². The number of hydrogen-bond donors (Lipinski definition) is 1. The van der Waals surface area contributed by atoms with E-state index in [9.17, 15) is 0 Å². The number of rotatable bonds is 2. The van der Waals surface area contributed by atoms with Crippen LogP contribution in [-0.4, -0.2) is 17.6 Å². The number of piperidine rings is 1. The van der Waals surface area contributed by atoms with Gasteiger partial charge in [-0.25, -0.2) is 4.98 Å². The van der Waals surface area contributed by atoms with Crippen LogP contribution < -0.4 is 10.6 Å². The molecule has 1 saturated heterocycles. The summed E-state index contributed by atoms with van der Waals surface area (Å²) in [5.41, 5.74) is 7.20. The molecule has 1 aliphatic carbocycles. The van der Waals surface area contributed by atoms with Crippen molar-refractivity contribution in [3.63, 3.8) is 0 Å². The van der Waals surface area contributed by atoms with E-state index in [-0.39, 0.29) is 6.04 Å². The summed E-state index contributed by atoms with van der Waals surface area (Å²) in [6.45, 7) is 3.22. The topological polar surface area (TPSA) is 42.1 Å². The van der Waals surface area contributed by atoms with Gasteiger partial charge in [0.25, 0.3) is 0 Å². The van der Waals surface area contributed by atoms with Gasteiger partial charge in [0.2, 0.25) is 0 Å². The molecule has 86 valence electrons. The average Bonchev–Trinajstić information content (AvgIpc) is 2.90. The Morgan fingerprint density at radius 2 is 2.38 bits per heavy atom. The first-order valence-electron chi connectivity index (χ1n) is 6.23. The monoisotopic (exact) mass is 217 g/mol. The van der Waals surface area contributed by atoms with Crippen molar-refractivity contribution in [1.82, 2.24) is 4.98 Å². The van der Waals surface area contributed by atoms with E-state index in [1.807, 2.05) is 19.2 Å². The smallest absolute Gasteiger partial charge is 0.133 e. The van der Waals surface area contributed by atoms with E-state index >= 15 is 0 Å². The Labute approximate surface area is 96.7 Å². The van der Waals surface area contributed by atoms with E-state index in [0.717, 1.165) is 17.8 Å². The zero-order valence-electron chi connectivity index (χ0n) is 9.76. The summed E-state index contributed by atoms with van der Waals surface area (Å²) in [6.07, 6.45) is 5.98. The molecule has 3 unspecified atom stereocenters. The lowest BCUT2D eigenvalue weighted by Gasteiger charge is -2.30. The van der Waals surface area contributed by atoms with E-state index in [4.69, 9.17) is 5.73 Å². The molecule has 2 heterocycles. The summed E-state index contributed by atoms with van der Waals surface area (Å²) >= 11 is 0. The predicted molar refractivity (Wildman–Crippen MR) is 65.3 cm³/mol. The van der Waals surface area contributed by atoms with Gasteiger partial charge < -0.3 is 10.6 Å². The standard InChI is InChI=1S/C13H19N3/c1-9(14)12-3-2-6-15-13(12)16-8-10-4-5-11(16)7-10/h2-3,6,9-11H,4-5,7-8,14H2,1H3. The third kappa shape index (κ3) is 1.50. The predicted octanol–water partition coefficient (Wildman–Crippen LogP) is 2.09. The fourth-order valence-corrected chi connectivity index (χ4v) is 3.19. The highest BCUT2D eigenvalue weighted by Crippen LogP contribution is 2.40. The lowest BCUT2D eigenvalue weighted by atomic mass is 10.1. The molecule has 2 fully saturated rings. The Morgan fingerprint density at radius 3 is 3.00 bits per heavy atom. The van der Waals surface area contributed by atoms with Crippen LogP contribution in [0.25, 0.3) is 0 Å². The van der Waals surface area contributed by atoms with Gasteiger partial charge in [0, 0.05) is 30.4 Å². The minimum Gasteiger partial charge on any atom is -0.353 e. The van der Waals surface area contributed by atoms with Crippen molar-refractivity contribution in [3.8, 4) is 0 Å². The number of pyridine rings is 1. The van der Waals surface area contributed by atoms with Gasteiger partial charge in [0.15, 0.2) is 0 Å². The van der Waals surface area contributed by atoms with Gasteiger partial charge in [0.05, 0.1) is 0 Å². The molecule has 1 saturated carbocycles. The first-order valence-corrected chi connectivity index (χ1v) is 6.23. The highest BCUT2D eigenvalue weighted by Gasteiger charge is 2.39. The van der Waals surface area contributed by atoms with Gasteiger partial charge >= 0.3 is 0 Å². The van der Waals surface area contributed by atoms with Gasteiger partial charge in [-0.2, -0.15) is 0 Å². The molecular formula is C13H19N3. The van der Waals surface area contributed by atoms with Crippen LogP contribution in [0.3, 0.4) is 0 Å². The van der Waals surface area contributed by atoms with E-state index in [0.29, 0.717) is 0 Å². The molecule has 1 aromatic heterocycles. The van der Waals surface area contributed by atoms with Crippen molar-refractivity contribution in [1.29, 1.82) is 0 Å². The first-order chi connectivity index (χ1) is 7.75. The second kappa shape index (κ2) is 3.74. The number of fused-ring (bicyclic) bond motifs is 2. The van der Waals surface area contributed by atoms with E-state index in [1.54, 1.807) is 0 Å². The SMILES string of the molecule is CC(N)c1cccnc1N1CC2CCC1C2. The van der Waals surface area contributed by atoms with Crippen molar-refractivity contribution in [2.75, 3.05) is 11.4 Å². The molecule has 2 bridgehead atoms. The largest absolute Gasteiger partial charge is 0.353 e. The molecule has 1 aromatic rings. The summed E-state index contributed by atoms with van der Waals surface area (Å²) in [5, 5.41) is 0. The van der Waals surface area contributed by atoms with Crippen LogP contribution in [0, 0.1) is 5.92 Å². The van der Waals surface area contributed by atoms with E-state index in [1.165, 1.54) is 31.4 Å². The molecular weight excluding hydrogens is 198 g/mol. The molecule has 0 aromatic carbocycles. The molecule has 0 amide bonds. The lowest BCUT2D eigenvalue weighted by Crippen LogP contribution is -2.34. The number of aromatic nitrogens is 1. The van der Waals surface area contributed by atoms with Crippen molar-refractivity contribution >= 4 is 5.82 Å². The fourth-order valence-electron chi connectivity index (χ4n) is 3.19. The van der Waals surface area contributed by atoms with Crippen LogP contribution in [0.5, 0.6) is 0 Å². The number of anilines is 1. The summed E-state index contributed by atoms with van der Waals surface area (Å²) in [6, 6.07) is 4.88. The summed E-state index contributed by atoms with van der Waals surface area (Å²) < 4.78 is 0. The lowest BCUT2D eigenvalue weighted by molar-refractivity contribution is 0.548. The number of nitrogens with zero attached hydrogens (tertiary/aromatic N) is 2. The summed E-state index contributed by atoms with van der Waals surface area (Å²) in [5.74, 6) is 2.03. The van der Waals surface area contributed by atoms with Gasteiger partial charge in [0.1, 0.15) is 5.82 Å². The fraction of sp³-hybridized carbons (Fsp3) is 0.615. The Morgan fingerprint density at radius 1 is 1.50 bits per heavy atom. The highest BCUT2D eigenvalue weighted by molar-refractivity contribution is 5.50. The van der Waals surface area contributed by atoms with Crippen molar-refractivity contribution < 1.29 is 0 Å². The molecule has 3 atom stereocenters. The van der Waals surface area contributed by atoms with Gasteiger partial charge in [-0.15, -0.1) is 0 Å². The molecule has 0 radical (unpaired) electrons. The highest BCUT2D eigenvalue weighted by atomic mass is 15.2. The molecule has 3 nitrogen and oxygen atoms in total. The Hall–Kier alpha value is -1.09. The number of hydrogen-bond acceptors (Lipinski definition) is 3. The van der Waals surface area contributed by atoms with Crippen molar-refractivity contribution in [3.05, 3.63) is 23.9 Å². The first kappa shape index (κ1) is 10.1. The summed E-state index contributed by atoms with van der Waals surface area (Å²) in [4.78, 5) is 7.03. The second-order valence-corrected chi connectivity index (χ2v) is 5.19. The van der Waals surface area contributed by atoms with Crippen LogP contribution in [0.1, 0.15) is 37.8 Å². The van der Waals surface area contributed by atoms with Crippen molar-refractivity contribution in [2.45, 2.75) is 38.3 Å². The minimum atomic E-state index is 0.0721. The van der Waals surface area contributed by atoms with Crippen LogP contribution >= 0.6 is 0 Å². The maximum Gasteiger partial charge on any atom is 0.133 e. The molecule has 16 heavy (non-hydrogen) atoms. The van der Waals surface area contributed by atoms with Crippen molar-refractivity contribution in [2.24, 2.45) is 11.7 Å². The summed E-state index contributed by atoms with van der Waals surface area (Å²) in [7, 11) is 0. The normalized spacial score (nSPS) is 29.8. The molecule has 3 heteroatoms. The third-order valence-corrected chi connectivity index (χ3v) is 3.99. The van der Waals surface area contributed by atoms with E-state index in [2.05, 4.69) is 16.0 Å². The second-order valence-electron chi connectivity index (χ2n) is 5.19. The van der Waals surface area contributed by atoms with E-state index < -0.39 is 0 Å². The molecule has 0 spiro atoms. The van der Waals surface area contributed by atoms with Gasteiger partial charge in [-0.1, -0.05) is 6.07 Å². The van der Waals surface area contributed by atoms with Crippen LogP contribution in [-0.2, 0) is 0 Å². The number of nitrogens with two attached hydrogens (primary N) is 1. The van der Waals surface area contributed by atoms with Crippen LogP contribution in [0.2, 0.25) is 0 Å². The quantitative estimate of drug-likeness (QED) is 0.824. The average molecular weight is 217 g/mol. The molecule has 3 rings (SSSR count). The molecule has 2 N–H and O–H groups in total.